The Morgan fingerprint density at radius 3 is 2.69 bits per heavy atom. The van der Waals surface area contributed by atoms with E-state index in [1.54, 1.807) is 24.4 Å². The van der Waals surface area contributed by atoms with Crippen LogP contribution in [0.5, 0.6) is 0 Å². The minimum atomic E-state index is -4.55. The second-order valence-electron chi connectivity index (χ2n) is 7.06. The first-order chi connectivity index (χ1) is 15.4. The lowest BCUT2D eigenvalue weighted by atomic mass is 10.0. The lowest BCUT2D eigenvalue weighted by Crippen LogP contribution is -2.11. The van der Waals surface area contributed by atoms with E-state index in [0.717, 1.165) is 11.8 Å². The molecule has 0 atom stereocenters. The zero-order valence-electron chi connectivity index (χ0n) is 16.4. The predicted octanol–water partition coefficient (Wildman–Crippen LogP) is 5.63. The van der Waals surface area contributed by atoms with Crippen LogP contribution in [-0.4, -0.2) is 26.2 Å². The fourth-order valence-electron chi connectivity index (χ4n) is 3.57. The Labute approximate surface area is 185 Å². The fourth-order valence-corrected chi connectivity index (χ4v) is 3.79. The summed E-state index contributed by atoms with van der Waals surface area (Å²) in [5.74, 6) is 0.472. The number of alkyl halides is 3. The number of hydrogen-bond acceptors (Lipinski definition) is 6. The number of para-hydroxylation sites is 1. The van der Waals surface area contributed by atoms with E-state index in [2.05, 4.69) is 30.2 Å². The van der Waals surface area contributed by atoms with Gasteiger partial charge in [-0.25, -0.2) is 19.9 Å². The van der Waals surface area contributed by atoms with Gasteiger partial charge in [0.25, 0.3) is 0 Å². The lowest BCUT2D eigenvalue weighted by Gasteiger charge is -2.16. The lowest BCUT2D eigenvalue weighted by molar-refractivity contribution is -0.137. The Hall–Kier alpha value is -3.59. The molecule has 0 unspecified atom stereocenters. The second-order valence-corrected chi connectivity index (χ2v) is 7.46. The molecular weight excluding hydrogens is 441 g/mol. The molecular formula is C22H14ClF3N6. The number of fused-ring (bicyclic) bond motifs is 2. The Balaban J connectivity index is 1.64. The normalized spacial score (nSPS) is 12.9. The SMILES string of the molecule is FC(F)(F)c1ccccc1-c1nc2cccc(Cl)c2nc1CNc1ncnc2c1N=CC2. The molecule has 4 aromatic rings. The molecule has 0 radical (unpaired) electrons. The molecule has 2 aromatic carbocycles. The summed E-state index contributed by atoms with van der Waals surface area (Å²) >= 11 is 6.28. The summed E-state index contributed by atoms with van der Waals surface area (Å²) in [6, 6.07) is 10.3. The van der Waals surface area contributed by atoms with E-state index >= 15 is 0 Å². The number of nitrogens with zero attached hydrogens (tertiary/aromatic N) is 5. The molecule has 6 nitrogen and oxygen atoms in total. The minimum Gasteiger partial charge on any atom is -0.362 e. The number of aromatic nitrogens is 4. The highest BCUT2D eigenvalue weighted by Crippen LogP contribution is 2.38. The maximum Gasteiger partial charge on any atom is 0.417 e. The van der Waals surface area contributed by atoms with Crippen LogP contribution in [0.4, 0.5) is 24.7 Å². The van der Waals surface area contributed by atoms with E-state index in [1.165, 1.54) is 24.5 Å². The first-order valence-electron chi connectivity index (χ1n) is 9.64. The van der Waals surface area contributed by atoms with Crippen LogP contribution in [0, 0.1) is 0 Å². The van der Waals surface area contributed by atoms with E-state index in [-0.39, 0.29) is 17.8 Å². The van der Waals surface area contributed by atoms with Crippen LogP contribution in [0.15, 0.2) is 53.8 Å². The fraction of sp³-hybridized carbons (Fsp3) is 0.136. The van der Waals surface area contributed by atoms with E-state index in [9.17, 15) is 13.2 Å². The maximum atomic E-state index is 13.7. The number of aliphatic imine (C=N–C) groups is 1. The van der Waals surface area contributed by atoms with Crippen molar-refractivity contribution < 1.29 is 13.2 Å². The molecule has 0 saturated carbocycles. The maximum absolute atomic E-state index is 13.7. The Kier molecular flexibility index (Phi) is 4.97. The number of hydrogen-bond donors (Lipinski definition) is 1. The predicted molar refractivity (Wildman–Crippen MR) is 116 cm³/mol. The van der Waals surface area contributed by atoms with E-state index in [1.807, 2.05) is 0 Å². The molecule has 3 heterocycles. The summed E-state index contributed by atoms with van der Waals surface area (Å²) in [6.45, 7) is 0.0641. The van der Waals surface area contributed by atoms with Crippen molar-refractivity contribution in [2.24, 2.45) is 4.99 Å². The van der Waals surface area contributed by atoms with Crippen LogP contribution < -0.4 is 5.32 Å². The molecule has 2 aromatic heterocycles. The van der Waals surface area contributed by atoms with Gasteiger partial charge in [-0.15, -0.1) is 0 Å². The van der Waals surface area contributed by atoms with Crippen molar-refractivity contribution >= 4 is 40.4 Å². The van der Waals surface area contributed by atoms with Crippen molar-refractivity contribution in [2.45, 2.75) is 19.1 Å². The number of benzene rings is 2. The van der Waals surface area contributed by atoms with Crippen LogP contribution in [0.3, 0.4) is 0 Å². The molecule has 5 rings (SSSR count). The number of anilines is 1. The van der Waals surface area contributed by atoms with E-state index in [4.69, 9.17) is 11.6 Å². The largest absolute Gasteiger partial charge is 0.417 e. The topological polar surface area (TPSA) is 76.0 Å². The smallest absolute Gasteiger partial charge is 0.362 e. The van der Waals surface area contributed by atoms with Crippen LogP contribution in [0.2, 0.25) is 5.02 Å². The molecule has 0 bridgehead atoms. The van der Waals surface area contributed by atoms with Gasteiger partial charge in [-0.2, -0.15) is 13.2 Å². The van der Waals surface area contributed by atoms with Gasteiger partial charge in [0.05, 0.1) is 39.7 Å². The molecule has 0 saturated heterocycles. The van der Waals surface area contributed by atoms with Gasteiger partial charge in [-0.05, 0) is 18.2 Å². The van der Waals surface area contributed by atoms with Gasteiger partial charge in [0.1, 0.15) is 17.5 Å². The van der Waals surface area contributed by atoms with Gasteiger partial charge in [-0.3, -0.25) is 4.99 Å². The summed E-state index contributed by atoms with van der Waals surface area (Å²) in [4.78, 5) is 21.8. The standard InChI is InChI=1S/C22H14ClF3N6/c23-14-6-3-7-16-19(14)32-17(10-28-21-20-15(8-9-27-20)29-11-30-21)18(31-16)12-4-1-2-5-13(12)22(24,25)26/h1-7,9,11H,8,10H2,(H,28,29,30). The molecule has 160 valence electrons. The molecule has 0 amide bonds. The van der Waals surface area contributed by atoms with Gasteiger partial charge in [0.2, 0.25) is 0 Å². The Bertz CT molecular complexity index is 1370. The van der Waals surface area contributed by atoms with E-state index < -0.39 is 11.7 Å². The summed E-state index contributed by atoms with van der Waals surface area (Å²) in [6.07, 6.45) is -0.805. The molecule has 1 N–H and O–H groups in total. The average molecular weight is 455 g/mol. The third-order valence-electron chi connectivity index (χ3n) is 5.03. The van der Waals surface area contributed by atoms with Crippen molar-refractivity contribution in [1.29, 1.82) is 0 Å². The third-order valence-corrected chi connectivity index (χ3v) is 5.34. The van der Waals surface area contributed by atoms with Gasteiger partial charge in [0, 0.05) is 18.2 Å². The second kappa shape index (κ2) is 7.83. The van der Waals surface area contributed by atoms with Crippen LogP contribution >= 0.6 is 11.6 Å². The molecule has 0 spiro atoms. The third kappa shape index (κ3) is 3.64. The van der Waals surface area contributed by atoms with Crippen molar-refractivity contribution in [3.63, 3.8) is 0 Å². The summed E-state index contributed by atoms with van der Waals surface area (Å²) in [5, 5.41) is 3.48. The van der Waals surface area contributed by atoms with Gasteiger partial charge in [-0.1, -0.05) is 35.9 Å². The van der Waals surface area contributed by atoms with Crippen LogP contribution in [0.1, 0.15) is 17.0 Å². The zero-order valence-corrected chi connectivity index (χ0v) is 17.1. The minimum absolute atomic E-state index is 0.0582. The summed E-state index contributed by atoms with van der Waals surface area (Å²) in [7, 11) is 0. The highest BCUT2D eigenvalue weighted by molar-refractivity contribution is 6.34. The van der Waals surface area contributed by atoms with Crippen molar-refractivity contribution in [3.8, 4) is 11.3 Å². The van der Waals surface area contributed by atoms with E-state index in [0.29, 0.717) is 39.7 Å². The van der Waals surface area contributed by atoms with Gasteiger partial charge < -0.3 is 5.32 Å². The van der Waals surface area contributed by atoms with Crippen molar-refractivity contribution in [1.82, 2.24) is 19.9 Å². The van der Waals surface area contributed by atoms with Crippen molar-refractivity contribution in [3.05, 3.63) is 70.8 Å². The first kappa shape index (κ1) is 20.3. The number of halogens is 4. The molecule has 1 aliphatic heterocycles. The summed E-state index contributed by atoms with van der Waals surface area (Å²) in [5.41, 5.74) is 1.77. The van der Waals surface area contributed by atoms with Crippen molar-refractivity contribution in [2.75, 3.05) is 5.32 Å². The monoisotopic (exact) mass is 454 g/mol. The highest BCUT2D eigenvalue weighted by Gasteiger charge is 2.34. The molecule has 32 heavy (non-hydrogen) atoms. The Morgan fingerprint density at radius 2 is 1.84 bits per heavy atom. The first-order valence-corrected chi connectivity index (χ1v) is 10.0. The Morgan fingerprint density at radius 1 is 1.00 bits per heavy atom. The van der Waals surface area contributed by atoms with Crippen LogP contribution in [0.25, 0.3) is 22.3 Å². The zero-order chi connectivity index (χ0) is 22.3. The average Bonchev–Trinajstić information content (AvgIpc) is 3.26. The van der Waals surface area contributed by atoms with Gasteiger partial charge >= 0.3 is 6.18 Å². The summed E-state index contributed by atoms with van der Waals surface area (Å²) < 4.78 is 41.2. The quantitative estimate of drug-likeness (QED) is 0.432. The molecule has 0 fully saturated rings. The highest BCUT2D eigenvalue weighted by atomic mass is 35.5. The van der Waals surface area contributed by atoms with Gasteiger partial charge in [0.15, 0.2) is 5.82 Å². The van der Waals surface area contributed by atoms with Crippen LogP contribution in [-0.2, 0) is 19.1 Å². The molecule has 0 aliphatic carbocycles. The molecule has 1 aliphatic rings. The number of nitrogens with one attached hydrogen (secondary N) is 1. The number of rotatable bonds is 4. The molecule has 10 heteroatoms.